The molecular weight excluding hydrogens is 381 g/mol. The van der Waals surface area contributed by atoms with Crippen molar-refractivity contribution in [1.29, 1.82) is 0 Å². The fraction of sp³-hybridized carbons (Fsp3) is 0.381. The first-order valence-corrected chi connectivity index (χ1v) is 10.3. The van der Waals surface area contributed by atoms with Gasteiger partial charge in [-0.15, -0.1) is 11.8 Å². The van der Waals surface area contributed by atoms with Gasteiger partial charge in [-0.25, -0.2) is 9.87 Å². The summed E-state index contributed by atoms with van der Waals surface area (Å²) in [5.74, 6) is 1.23. The highest BCUT2D eigenvalue weighted by Gasteiger charge is 2.48. The normalized spacial score (nSPS) is 26.1. The number of fused-ring (bicyclic) bond motifs is 2. The van der Waals surface area contributed by atoms with Crippen LogP contribution in [0.25, 0.3) is 0 Å². The van der Waals surface area contributed by atoms with E-state index >= 15 is 0 Å². The highest BCUT2D eigenvalue weighted by molar-refractivity contribution is 7.99. The monoisotopic (exact) mass is 403 g/mol. The van der Waals surface area contributed by atoms with Crippen molar-refractivity contribution in [2.75, 3.05) is 5.75 Å². The number of carbonyl (C=O) groups excluding carboxylic acids is 1. The average molecular weight is 403 g/mol. The fourth-order valence-corrected chi connectivity index (χ4v) is 5.06. The van der Waals surface area contributed by atoms with E-state index < -0.39 is 0 Å². The molecular formula is C21H22FNO4S. The predicted octanol–water partition coefficient (Wildman–Crippen LogP) is 4.54. The molecule has 28 heavy (non-hydrogen) atoms. The molecule has 2 bridgehead atoms. The van der Waals surface area contributed by atoms with Crippen molar-refractivity contribution in [2.24, 2.45) is 5.92 Å². The highest BCUT2D eigenvalue weighted by Crippen LogP contribution is 2.46. The molecule has 2 saturated heterocycles. The molecule has 4 rings (SSSR count). The number of hydrogen-bond acceptors (Lipinski definition) is 5. The molecule has 148 valence electrons. The highest BCUT2D eigenvalue weighted by atomic mass is 32.2. The van der Waals surface area contributed by atoms with Crippen LogP contribution in [0.3, 0.4) is 0 Å². The summed E-state index contributed by atoms with van der Waals surface area (Å²) in [7, 11) is 0. The third kappa shape index (κ3) is 4.32. The molecule has 2 aromatic carbocycles. The van der Waals surface area contributed by atoms with Gasteiger partial charge in [0.2, 0.25) is 5.91 Å². The van der Waals surface area contributed by atoms with Crippen LogP contribution in [0.1, 0.15) is 25.7 Å². The van der Waals surface area contributed by atoms with E-state index in [0.717, 1.165) is 23.5 Å². The summed E-state index contributed by atoms with van der Waals surface area (Å²) in [6, 6.07) is 13.6. The largest absolute Gasteiger partial charge is 0.457 e. The molecule has 1 amide bonds. The van der Waals surface area contributed by atoms with Gasteiger partial charge in [0.1, 0.15) is 17.3 Å². The third-order valence-electron chi connectivity index (χ3n) is 5.36. The Hall–Kier alpha value is -2.09. The van der Waals surface area contributed by atoms with Crippen LogP contribution >= 0.6 is 11.8 Å². The number of halogens is 1. The van der Waals surface area contributed by atoms with E-state index in [-0.39, 0.29) is 29.3 Å². The Balaban J connectivity index is 1.35. The minimum atomic E-state index is -0.313. The van der Waals surface area contributed by atoms with Gasteiger partial charge in [0.25, 0.3) is 0 Å². The average Bonchev–Trinajstić information content (AvgIpc) is 3.02. The number of ether oxygens (including phenoxy) is 2. The summed E-state index contributed by atoms with van der Waals surface area (Å²) < 4.78 is 24.9. The molecule has 7 heteroatoms. The molecule has 2 N–H and O–H groups in total. The van der Waals surface area contributed by atoms with E-state index in [9.17, 15) is 9.18 Å². The van der Waals surface area contributed by atoms with Crippen LogP contribution in [0.2, 0.25) is 0 Å². The fourth-order valence-electron chi connectivity index (χ4n) is 3.97. The second kappa shape index (κ2) is 8.11. The molecule has 2 aromatic rings. The molecule has 0 aromatic heterocycles. The van der Waals surface area contributed by atoms with Crippen molar-refractivity contribution in [3.63, 3.8) is 0 Å². The second-order valence-electron chi connectivity index (χ2n) is 7.39. The number of amides is 1. The molecule has 3 unspecified atom stereocenters. The molecule has 0 radical (unpaired) electrons. The van der Waals surface area contributed by atoms with Crippen molar-refractivity contribution in [2.45, 2.75) is 42.3 Å². The number of benzene rings is 2. The maximum Gasteiger partial charge on any atom is 0.246 e. The van der Waals surface area contributed by atoms with Gasteiger partial charge in [0.15, 0.2) is 0 Å². The lowest BCUT2D eigenvalue weighted by atomic mass is 9.88. The van der Waals surface area contributed by atoms with Crippen molar-refractivity contribution < 1.29 is 23.9 Å². The Kier molecular flexibility index (Phi) is 5.57. The SMILES string of the molecule is O=C(NO)C1CC2CCC(CSc3ccc(Oc4ccc(F)cc4)cc3)(C1)O2. The van der Waals surface area contributed by atoms with Gasteiger partial charge in [0.05, 0.1) is 11.7 Å². The zero-order valence-electron chi connectivity index (χ0n) is 15.3. The lowest BCUT2D eigenvalue weighted by Crippen LogP contribution is -2.44. The van der Waals surface area contributed by atoms with Gasteiger partial charge in [0, 0.05) is 16.6 Å². The first kappa shape index (κ1) is 19.2. The summed E-state index contributed by atoms with van der Waals surface area (Å²) in [5, 5.41) is 8.94. The molecule has 2 aliphatic rings. The number of hydroxylamine groups is 1. The Morgan fingerprint density at radius 3 is 2.57 bits per heavy atom. The summed E-state index contributed by atoms with van der Waals surface area (Å²) in [6.07, 6.45) is 3.30. The van der Waals surface area contributed by atoms with E-state index in [4.69, 9.17) is 14.7 Å². The molecule has 2 fully saturated rings. The van der Waals surface area contributed by atoms with Crippen LogP contribution in [0.15, 0.2) is 53.4 Å². The van der Waals surface area contributed by atoms with Crippen LogP contribution in [0.4, 0.5) is 4.39 Å². The summed E-state index contributed by atoms with van der Waals surface area (Å²) >= 11 is 1.69. The van der Waals surface area contributed by atoms with Gasteiger partial charge in [-0.2, -0.15) is 0 Å². The van der Waals surface area contributed by atoms with Gasteiger partial charge < -0.3 is 9.47 Å². The van der Waals surface area contributed by atoms with Gasteiger partial charge in [-0.05, 0) is 74.2 Å². The quantitative estimate of drug-likeness (QED) is 0.421. The van der Waals surface area contributed by atoms with Crippen LogP contribution in [-0.2, 0) is 9.53 Å². The second-order valence-corrected chi connectivity index (χ2v) is 8.44. The standard InChI is InChI=1S/C21H22FNO4S/c22-15-1-3-16(4-2-15)26-17-5-7-19(8-6-17)28-13-21-10-9-18(27-21)11-14(12-21)20(24)23-25/h1-8,14,18,25H,9-13H2,(H,23,24). The van der Waals surface area contributed by atoms with Crippen LogP contribution in [0, 0.1) is 11.7 Å². The lowest BCUT2D eigenvalue weighted by Gasteiger charge is -2.37. The summed E-state index contributed by atoms with van der Waals surface area (Å²) in [6.45, 7) is 0. The Bertz CT molecular complexity index is 829. The summed E-state index contributed by atoms with van der Waals surface area (Å²) in [5.41, 5.74) is 1.48. The number of rotatable bonds is 6. The molecule has 2 heterocycles. The first-order valence-electron chi connectivity index (χ1n) is 9.33. The van der Waals surface area contributed by atoms with Gasteiger partial charge in [-0.3, -0.25) is 10.0 Å². The Labute approximate surface area is 167 Å². The number of carbonyl (C=O) groups is 1. The Morgan fingerprint density at radius 2 is 1.89 bits per heavy atom. The van der Waals surface area contributed by atoms with Crippen LogP contribution in [-0.4, -0.2) is 28.6 Å². The van der Waals surface area contributed by atoms with Crippen molar-refractivity contribution in [3.8, 4) is 11.5 Å². The van der Waals surface area contributed by atoms with Gasteiger partial charge >= 0.3 is 0 Å². The minimum Gasteiger partial charge on any atom is -0.457 e. The smallest absolute Gasteiger partial charge is 0.246 e. The topological polar surface area (TPSA) is 67.8 Å². The zero-order chi connectivity index (χ0) is 19.6. The summed E-state index contributed by atoms with van der Waals surface area (Å²) in [4.78, 5) is 12.9. The predicted molar refractivity (Wildman–Crippen MR) is 103 cm³/mol. The maximum atomic E-state index is 13.0. The van der Waals surface area contributed by atoms with E-state index in [0.29, 0.717) is 24.3 Å². The van der Waals surface area contributed by atoms with Crippen molar-refractivity contribution in [1.82, 2.24) is 5.48 Å². The van der Waals surface area contributed by atoms with E-state index in [1.54, 1.807) is 29.4 Å². The molecule has 2 aliphatic heterocycles. The Morgan fingerprint density at radius 1 is 1.21 bits per heavy atom. The van der Waals surface area contributed by atoms with Crippen molar-refractivity contribution in [3.05, 3.63) is 54.3 Å². The van der Waals surface area contributed by atoms with Gasteiger partial charge in [-0.1, -0.05) is 0 Å². The third-order valence-corrected chi connectivity index (χ3v) is 6.64. The maximum absolute atomic E-state index is 13.0. The van der Waals surface area contributed by atoms with E-state index in [2.05, 4.69) is 0 Å². The van der Waals surface area contributed by atoms with E-state index in [1.807, 2.05) is 24.3 Å². The number of hydrogen-bond donors (Lipinski definition) is 2. The lowest BCUT2D eigenvalue weighted by molar-refractivity contribution is -0.144. The molecule has 3 atom stereocenters. The van der Waals surface area contributed by atoms with Crippen molar-refractivity contribution >= 4 is 17.7 Å². The van der Waals surface area contributed by atoms with Crippen LogP contribution in [0.5, 0.6) is 11.5 Å². The number of nitrogens with one attached hydrogen (secondary N) is 1. The first-order chi connectivity index (χ1) is 13.5. The zero-order valence-corrected chi connectivity index (χ0v) is 16.1. The van der Waals surface area contributed by atoms with Crippen LogP contribution < -0.4 is 10.2 Å². The molecule has 0 spiro atoms. The minimum absolute atomic E-state index is 0.100. The number of thioether (sulfide) groups is 1. The van der Waals surface area contributed by atoms with E-state index in [1.165, 1.54) is 12.1 Å². The molecule has 0 aliphatic carbocycles. The molecule has 0 saturated carbocycles. The molecule has 5 nitrogen and oxygen atoms in total.